The SMILES string of the molecule is CC1(C)c2ccccc2-c2ccc(N(c3ccccc3)c3ccc4c(c3)C(c3ccccc3)(c3ccccc3)c3cc5ccccc5c(N(c5ccccc5)c5ccc6c(c5)C(C)(C)c5ccccc5-6)c3-4)cc21. The van der Waals surface area contributed by atoms with Crippen LogP contribution in [-0.4, -0.2) is 0 Å². The number of rotatable bonds is 8. The number of hydrogen-bond donors (Lipinski definition) is 0. The summed E-state index contributed by atoms with van der Waals surface area (Å²) in [7, 11) is 0. The zero-order valence-corrected chi connectivity index (χ0v) is 41.6. The third-order valence-corrected chi connectivity index (χ3v) is 16.7. The third-order valence-electron chi connectivity index (χ3n) is 16.7. The van der Waals surface area contributed by atoms with Gasteiger partial charge in [-0.25, -0.2) is 0 Å². The fourth-order valence-electron chi connectivity index (χ4n) is 13.3. The molecule has 0 aliphatic heterocycles. The zero-order valence-electron chi connectivity index (χ0n) is 41.6. The Hall–Kier alpha value is -8.72. The van der Waals surface area contributed by atoms with Crippen LogP contribution in [0.15, 0.2) is 255 Å². The second-order valence-electron chi connectivity index (χ2n) is 21.2. The monoisotopic (exact) mass is 934 g/mol. The van der Waals surface area contributed by atoms with Gasteiger partial charge in [-0.1, -0.05) is 216 Å². The van der Waals surface area contributed by atoms with Crippen LogP contribution in [-0.2, 0) is 16.2 Å². The van der Waals surface area contributed by atoms with E-state index in [4.69, 9.17) is 0 Å². The molecular weight excluding hydrogens is 881 g/mol. The second-order valence-corrected chi connectivity index (χ2v) is 21.2. The van der Waals surface area contributed by atoms with Crippen molar-refractivity contribution in [2.45, 2.75) is 43.9 Å². The normalized spacial score (nSPS) is 14.6. The minimum Gasteiger partial charge on any atom is -0.310 e. The Morgan fingerprint density at radius 3 is 1.21 bits per heavy atom. The summed E-state index contributed by atoms with van der Waals surface area (Å²) in [6.07, 6.45) is 0. The molecule has 2 nitrogen and oxygen atoms in total. The van der Waals surface area contributed by atoms with Crippen molar-refractivity contribution >= 4 is 44.9 Å². The molecule has 0 atom stereocenters. The zero-order chi connectivity index (χ0) is 49.1. The van der Waals surface area contributed by atoms with Gasteiger partial charge in [0.05, 0.1) is 11.1 Å². The van der Waals surface area contributed by atoms with Crippen molar-refractivity contribution in [3.8, 4) is 33.4 Å². The van der Waals surface area contributed by atoms with Crippen LogP contribution in [0.4, 0.5) is 34.1 Å². The van der Waals surface area contributed by atoms with Gasteiger partial charge in [-0.2, -0.15) is 0 Å². The summed E-state index contributed by atoms with van der Waals surface area (Å²) in [5.74, 6) is 0. The van der Waals surface area contributed by atoms with Gasteiger partial charge in [-0.3, -0.25) is 0 Å². The van der Waals surface area contributed by atoms with Crippen LogP contribution < -0.4 is 9.80 Å². The Kier molecular flexibility index (Phi) is 9.54. The van der Waals surface area contributed by atoms with E-state index in [0.29, 0.717) is 0 Å². The highest BCUT2D eigenvalue weighted by molar-refractivity contribution is 6.11. The van der Waals surface area contributed by atoms with Gasteiger partial charge in [0.15, 0.2) is 0 Å². The van der Waals surface area contributed by atoms with Crippen LogP contribution in [0.5, 0.6) is 0 Å². The highest BCUT2D eigenvalue weighted by Crippen LogP contribution is 2.63. The maximum atomic E-state index is 2.56. The lowest BCUT2D eigenvalue weighted by atomic mass is 9.67. The van der Waals surface area contributed by atoms with E-state index in [9.17, 15) is 0 Å². The molecule has 348 valence electrons. The van der Waals surface area contributed by atoms with Gasteiger partial charge < -0.3 is 9.80 Å². The fraction of sp³-hybridized carbons (Fsp3) is 0.0986. The van der Waals surface area contributed by atoms with Gasteiger partial charge in [0.25, 0.3) is 0 Å². The van der Waals surface area contributed by atoms with Crippen LogP contribution in [0.25, 0.3) is 44.2 Å². The summed E-state index contributed by atoms with van der Waals surface area (Å²) in [4.78, 5) is 5.03. The van der Waals surface area contributed by atoms with Crippen molar-refractivity contribution in [1.29, 1.82) is 0 Å². The van der Waals surface area contributed by atoms with Crippen molar-refractivity contribution in [2.75, 3.05) is 9.80 Å². The van der Waals surface area contributed by atoms with Crippen molar-refractivity contribution < 1.29 is 0 Å². The Balaban J connectivity index is 1.07. The minimum atomic E-state index is -0.699. The van der Waals surface area contributed by atoms with E-state index in [1.54, 1.807) is 0 Å². The molecule has 0 aromatic heterocycles. The van der Waals surface area contributed by atoms with Gasteiger partial charge in [0, 0.05) is 50.2 Å². The molecule has 0 bridgehead atoms. The summed E-state index contributed by atoms with van der Waals surface area (Å²) < 4.78 is 0. The van der Waals surface area contributed by atoms with Gasteiger partial charge in [0.1, 0.15) is 0 Å². The molecule has 0 amide bonds. The van der Waals surface area contributed by atoms with E-state index >= 15 is 0 Å². The molecule has 2 heteroatoms. The maximum Gasteiger partial charge on any atom is 0.0715 e. The third kappa shape index (κ3) is 6.23. The smallest absolute Gasteiger partial charge is 0.0715 e. The van der Waals surface area contributed by atoms with Gasteiger partial charge in [-0.05, 0) is 144 Å². The first kappa shape index (κ1) is 43.1. The molecule has 3 aliphatic carbocycles. The molecular formula is C71H54N2. The van der Waals surface area contributed by atoms with Crippen molar-refractivity contribution in [2.24, 2.45) is 0 Å². The lowest BCUT2D eigenvalue weighted by molar-refractivity contribution is 0.660. The van der Waals surface area contributed by atoms with Crippen LogP contribution in [0.3, 0.4) is 0 Å². The van der Waals surface area contributed by atoms with Crippen LogP contribution in [0, 0.1) is 0 Å². The molecule has 0 fully saturated rings. The number of benzene rings is 11. The summed E-state index contributed by atoms with van der Waals surface area (Å²) >= 11 is 0. The molecule has 14 rings (SSSR count). The van der Waals surface area contributed by atoms with Gasteiger partial charge in [0.2, 0.25) is 0 Å². The second kappa shape index (κ2) is 16.2. The molecule has 73 heavy (non-hydrogen) atoms. The fourth-order valence-corrected chi connectivity index (χ4v) is 13.3. The average Bonchev–Trinajstić information content (AvgIpc) is 3.95. The van der Waals surface area contributed by atoms with Crippen molar-refractivity contribution in [3.05, 3.63) is 299 Å². The molecule has 0 unspecified atom stereocenters. The Morgan fingerprint density at radius 1 is 0.274 bits per heavy atom. The van der Waals surface area contributed by atoms with Gasteiger partial charge >= 0.3 is 0 Å². The first-order valence-corrected chi connectivity index (χ1v) is 25.8. The van der Waals surface area contributed by atoms with Crippen molar-refractivity contribution in [3.63, 3.8) is 0 Å². The quantitative estimate of drug-likeness (QED) is 0.150. The van der Waals surface area contributed by atoms with Gasteiger partial charge in [-0.15, -0.1) is 0 Å². The van der Waals surface area contributed by atoms with Crippen LogP contribution in [0.1, 0.15) is 72.2 Å². The predicted molar refractivity (Wildman–Crippen MR) is 306 cm³/mol. The number of hydrogen-bond acceptors (Lipinski definition) is 2. The predicted octanol–water partition coefficient (Wildman–Crippen LogP) is 18.8. The number of para-hydroxylation sites is 2. The first-order chi connectivity index (χ1) is 35.7. The summed E-state index contributed by atoms with van der Waals surface area (Å²) in [6, 6.07) is 95.6. The highest BCUT2D eigenvalue weighted by atomic mass is 15.2. The first-order valence-electron chi connectivity index (χ1n) is 25.8. The number of anilines is 6. The topological polar surface area (TPSA) is 6.48 Å². The van der Waals surface area contributed by atoms with E-state index in [0.717, 1.165) is 28.4 Å². The standard InChI is InChI=1S/C71H54N2/c1-69(2)61-35-21-19-33-56(61)58-40-37-52(44-63(58)69)72(50-28-13-7-14-29-50)53-39-42-60-65(46-53)71(48-24-9-5-10-25-48,49-26-11-6-12-27-49)66-43-47-23-17-18-32-55(47)68(67(60)66)73(51-30-15-8-16-31-51)54-38-41-59-57-34-20-22-36-62(57)70(3,4)64(59)45-54/h5-46H,1-4H3. The van der Waals surface area contributed by atoms with E-state index in [1.807, 2.05) is 0 Å². The average molecular weight is 935 g/mol. The highest BCUT2D eigenvalue weighted by Gasteiger charge is 2.49. The summed E-state index contributed by atoms with van der Waals surface area (Å²) in [5.41, 5.74) is 23.9. The summed E-state index contributed by atoms with van der Waals surface area (Å²) in [5, 5.41) is 2.40. The lowest BCUT2D eigenvalue weighted by Crippen LogP contribution is -2.29. The molecule has 3 aliphatic rings. The molecule has 0 N–H and O–H groups in total. The Morgan fingerprint density at radius 2 is 0.671 bits per heavy atom. The number of fused-ring (bicyclic) bond motifs is 10. The molecule has 0 heterocycles. The maximum absolute atomic E-state index is 2.56. The molecule has 11 aromatic carbocycles. The molecule has 0 saturated carbocycles. The minimum absolute atomic E-state index is 0.152. The van der Waals surface area contributed by atoms with E-state index in [-0.39, 0.29) is 10.8 Å². The molecule has 0 radical (unpaired) electrons. The van der Waals surface area contributed by atoms with Crippen LogP contribution >= 0.6 is 0 Å². The summed E-state index contributed by atoms with van der Waals surface area (Å²) in [6.45, 7) is 9.51. The molecule has 0 saturated heterocycles. The largest absolute Gasteiger partial charge is 0.310 e. The molecule has 11 aromatic rings. The van der Waals surface area contributed by atoms with Crippen molar-refractivity contribution in [1.82, 2.24) is 0 Å². The lowest BCUT2D eigenvalue weighted by Gasteiger charge is -2.36. The Labute approximate surface area is 429 Å². The van der Waals surface area contributed by atoms with E-state index in [1.165, 1.54) is 94.3 Å². The van der Waals surface area contributed by atoms with E-state index < -0.39 is 5.41 Å². The number of nitrogens with zero attached hydrogens (tertiary/aromatic N) is 2. The van der Waals surface area contributed by atoms with Crippen LogP contribution in [0.2, 0.25) is 0 Å². The molecule has 0 spiro atoms. The Bertz CT molecular complexity index is 3920. The van der Waals surface area contributed by atoms with E-state index in [2.05, 4.69) is 292 Å².